The molecule has 29 heavy (non-hydrogen) atoms. The van der Waals surface area contributed by atoms with Crippen LogP contribution in [0.3, 0.4) is 0 Å². The molecule has 3 heteroatoms. The van der Waals surface area contributed by atoms with Gasteiger partial charge in [-0.15, -0.1) is 0 Å². The first-order valence-corrected chi connectivity index (χ1v) is 10.3. The van der Waals surface area contributed by atoms with Crippen LogP contribution in [0.1, 0.15) is 38.8 Å². The van der Waals surface area contributed by atoms with Crippen LogP contribution in [0.25, 0.3) is 22.3 Å². The molecule has 1 aliphatic rings. The Morgan fingerprint density at radius 1 is 0.621 bits per heavy atom. The molecule has 1 aliphatic heterocycles. The smallest absolute Gasteiger partial charge is 0.399 e. The van der Waals surface area contributed by atoms with Crippen molar-refractivity contribution in [2.45, 2.75) is 52.7 Å². The van der Waals surface area contributed by atoms with E-state index in [-0.39, 0.29) is 11.2 Å². The number of hydrogen-bond acceptors (Lipinski definition) is 2. The van der Waals surface area contributed by atoms with E-state index in [0.717, 1.165) is 5.46 Å². The Labute approximate surface area is 175 Å². The lowest BCUT2D eigenvalue weighted by Gasteiger charge is -2.32. The molecule has 0 amide bonds. The molecule has 0 unspecified atom stereocenters. The van der Waals surface area contributed by atoms with E-state index in [9.17, 15) is 0 Å². The third-order valence-corrected chi connectivity index (χ3v) is 6.31. The Bertz CT molecular complexity index is 1000. The van der Waals surface area contributed by atoms with Crippen LogP contribution in [0.5, 0.6) is 0 Å². The molecule has 0 N–H and O–H groups in total. The SMILES string of the molecule is Cc1ccc(-c2cccc(B3OC(C)(C)C(C)(C)O3)c2-c2ccc(C)cc2)cc1. The molecular weight excluding hydrogens is 355 g/mol. The van der Waals surface area contributed by atoms with Crippen LogP contribution in [0.4, 0.5) is 0 Å². The van der Waals surface area contributed by atoms with Gasteiger partial charge in [-0.05, 0) is 69.3 Å². The molecule has 1 heterocycles. The van der Waals surface area contributed by atoms with Crippen molar-refractivity contribution in [1.29, 1.82) is 0 Å². The Hall–Kier alpha value is -2.36. The van der Waals surface area contributed by atoms with Crippen molar-refractivity contribution in [3.8, 4) is 22.3 Å². The molecule has 2 nitrogen and oxygen atoms in total. The molecule has 1 saturated heterocycles. The molecule has 0 radical (unpaired) electrons. The highest BCUT2D eigenvalue weighted by molar-refractivity contribution is 6.64. The maximum Gasteiger partial charge on any atom is 0.495 e. The monoisotopic (exact) mass is 384 g/mol. The minimum absolute atomic E-state index is 0.373. The zero-order valence-electron chi connectivity index (χ0n) is 18.2. The van der Waals surface area contributed by atoms with Crippen molar-refractivity contribution in [2.75, 3.05) is 0 Å². The van der Waals surface area contributed by atoms with E-state index in [4.69, 9.17) is 9.31 Å². The highest BCUT2D eigenvalue weighted by Gasteiger charge is 2.52. The predicted molar refractivity (Wildman–Crippen MR) is 123 cm³/mol. The van der Waals surface area contributed by atoms with Gasteiger partial charge in [-0.25, -0.2) is 0 Å². The van der Waals surface area contributed by atoms with E-state index in [1.165, 1.54) is 33.4 Å². The maximum atomic E-state index is 6.42. The van der Waals surface area contributed by atoms with Gasteiger partial charge in [-0.1, -0.05) is 77.9 Å². The fraction of sp³-hybridized carbons (Fsp3) is 0.308. The van der Waals surface area contributed by atoms with Crippen LogP contribution in [-0.4, -0.2) is 18.3 Å². The van der Waals surface area contributed by atoms with Gasteiger partial charge in [-0.2, -0.15) is 0 Å². The van der Waals surface area contributed by atoms with Crippen molar-refractivity contribution in [3.05, 3.63) is 77.9 Å². The van der Waals surface area contributed by atoms with E-state index in [1.807, 2.05) is 0 Å². The van der Waals surface area contributed by atoms with E-state index in [2.05, 4.69) is 108 Å². The first-order valence-electron chi connectivity index (χ1n) is 10.3. The van der Waals surface area contributed by atoms with Crippen LogP contribution >= 0.6 is 0 Å². The summed E-state index contributed by atoms with van der Waals surface area (Å²) in [4.78, 5) is 0. The molecule has 4 rings (SSSR count). The topological polar surface area (TPSA) is 18.5 Å². The van der Waals surface area contributed by atoms with Crippen LogP contribution in [0.15, 0.2) is 66.7 Å². The van der Waals surface area contributed by atoms with Gasteiger partial charge >= 0.3 is 7.12 Å². The lowest BCUT2D eigenvalue weighted by molar-refractivity contribution is 0.00578. The van der Waals surface area contributed by atoms with E-state index >= 15 is 0 Å². The highest BCUT2D eigenvalue weighted by atomic mass is 16.7. The number of benzene rings is 3. The Morgan fingerprint density at radius 3 is 1.62 bits per heavy atom. The van der Waals surface area contributed by atoms with Gasteiger partial charge in [-0.3, -0.25) is 0 Å². The van der Waals surface area contributed by atoms with Gasteiger partial charge in [0.2, 0.25) is 0 Å². The molecule has 0 aliphatic carbocycles. The minimum atomic E-state index is -0.401. The summed E-state index contributed by atoms with van der Waals surface area (Å²) in [7, 11) is -0.401. The van der Waals surface area contributed by atoms with Gasteiger partial charge in [0.15, 0.2) is 0 Å². The summed E-state index contributed by atoms with van der Waals surface area (Å²) >= 11 is 0. The zero-order valence-corrected chi connectivity index (χ0v) is 18.2. The quantitative estimate of drug-likeness (QED) is 0.521. The fourth-order valence-electron chi connectivity index (χ4n) is 3.75. The van der Waals surface area contributed by atoms with Crippen LogP contribution in [-0.2, 0) is 9.31 Å². The van der Waals surface area contributed by atoms with Gasteiger partial charge < -0.3 is 9.31 Å². The largest absolute Gasteiger partial charge is 0.495 e. The zero-order chi connectivity index (χ0) is 20.8. The first kappa shape index (κ1) is 19.9. The second-order valence-corrected chi connectivity index (χ2v) is 9.09. The molecule has 1 fully saturated rings. The van der Waals surface area contributed by atoms with Crippen molar-refractivity contribution in [2.24, 2.45) is 0 Å². The van der Waals surface area contributed by atoms with Gasteiger partial charge in [0, 0.05) is 0 Å². The average molecular weight is 384 g/mol. The molecule has 0 spiro atoms. The van der Waals surface area contributed by atoms with Gasteiger partial charge in [0.05, 0.1) is 11.2 Å². The van der Waals surface area contributed by atoms with Crippen LogP contribution < -0.4 is 5.46 Å². The lowest BCUT2D eigenvalue weighted by atomic mass is 9.72. The van der Waals surface area contributed by atoms with Gasteiger partial charge in [0.1, 0.15) is 0 Å². The summed E-state index contributed by atoms with van der Waals surface area (Å²) in [6.45, 7) is 12.6. The second kappa shape index (κ2) is 7.16. The summed E-state index contributed by atoms with van der Waals surface area (Å²) < 4.78 is 12.8. The van der Waals surface area contributed by atoms with E-state index in [1.54, 1.807) is 0 Å². The first-order chi connectivity index (χ1) is 13.7. The second-order valence-electron chi connectivity index (χ2n) is 9.09. The minimum Gasteiger partial charge on any atom is -0.399 e. The summed E-state index contributed by atoms with van der Waals surface area (Å²) in [5, 5.41) is 0. The molecule has 3 aromatic rings. The predicted octanol–water partition coefficient (Wildman–Crippen LogP) is 5.94. The molecule has 0 saturated carbocycles. The van der Waals surface area contributed by atoms with Crippen molar-refractivity contribution in [1.82, 2.24) is 0 Å². The summed E-state index contributed by atoms with van der Waals surface area (Å²) in [6, 6.07) is 23.8. The van der Waals surface area contributed by atoms with Crippen LogP contribution in [0, 0.1) is 13.8 Å². The molecule has 3 aromatic carbocycles. The molecule has 0 atom stereocenters. The Balaban J connectivity index is 1.91. The molecular formula is C26H29BO2. The molecule has 0 bridgehead atoms. The third-order valence-electron chi connectivity index (χ3n) is 6.31. The number of hydrogen-bond donors (Lipinski definition) is 0. The number of aryl methyl sites for hydroxylation is 2. The summed E-state index contributed by atoms with van der Waals surface area (Å²) in [5.41, 5.74) is 7.58. The third kappa shape index (κ3) is 3.65. The van der Waals surface area contributed by atoms with Crippen molar-refractivity contribution in [3.63, 3.8) is 0 Å². The lowest BCUT2D eigenvalue weighted by Crippen LogP contribution is -2.41. The van der Waals surface area contributed by atoms with Crippen LogP contribution in [0.2, 0.25) is 0 Å². The molecule has 148 valence electrons. The van der Waals surface area contributed by atoms with Crippen molar-refractivity contribution >= 4 is 12.6 Å². The van der Waals surface area contributed by atoms with E-state index in [0.29, 0.717) is 0 Å². The van der Waals surface area contributed by atoms with Crippen molar-refractivity contribution < 1.29 is 9.31 Å². The standard InChI is InChI=1S/C26H29BO2/c1-18-10-14-20(15-11-18)22-8-7-9-23(24(22)21-16-12-19(2)13-17-21)27-28-25(3,4)26(5,6)29-27/h7-17H,1-6H3. The highest BCUT2D eigenvalue weighted by Crippen LogP contribution is 2.39. The average Bonchev–Trinajstić information content (AvgIpc) is 2.90. The Kier molecular flexibility index (Phi) is 4.92. The maximum absolute atomic E-state index is 6.42. The summed E-state index contributed by atoms with van der Waals surface area (Å²) in [5.74, 6) is 0. The Morgan fingerprint density at radius 2 is 1.10 bits per heavy atom. The fourth-order valence-corrected chi connectivity index (χ4v) is 3.75. The van der Waals surface area contributed by atoms with Gasteiger partial charge in [0.25, 0.3) is 0 Å². The number of rotatable bonds is 3. The summed E-state index contributed by atoms with van der Waals surface area (Å²) in [6.07, 6.45) is 0. The molecule has 0 aromatic heterocycles. The van der Waals surface area contributed by atoms with E-state index < -0.39 is 7.12 Å². The normalized spacial score (nSPS) is 17.5.